The van der Waals surface area contributed by atoms with Crippen LogP contribution >= 0.6 is 0 Å². The lowest BCUT2D eigenvalue weighted by molar-refractivity contribution is -0.135. The van der Waals surface area contributed by atoms with Crippen LogP contribution in [0.2, 0.25) is 0 Å². The molecule has 9 nitrogen and oxygen atoms in total. The Kier molecular flexibility index (Phi) is 5.95. The van der Waals surface area contributed by atoms with E-state index in [2.05, 4.69) is 15.3 Å². The number of hydrazone groups is 1. The monoisotopic (exact) mass is 402 g/mol. The molecular formula is C20H26N4O5. The zero-order valence-corrected chi connectivity index (χ0v) is 17.5. The van der Waals surface area contributed by atoms with Gasteiger partial charge in [0.2, 0.25) is 18.0 Å². The zero-order chi connectivity index (χ0) is 21.1. The largest absolute Gasteiger partial charge is 0.496 e. The van der Waals surface area contributed by atoms with Crippen LogP contribution < -0.4 is 14.2 Å². The number of carbonyl (C=O) groups excluding carboxylic acids is 1. The Labute approximate surface area is 169 Å². The molecule has 1 aromatic carbocycles. The van der Waals surface area contributed by atoms with Crippen LogP contribution in [0.3, 0.4) is 0 Å². The summed E-state index contributed by atoms with van der Waals surface area (Å²) >= 11 is 0. The van der Waals surface area contributed by atoms with Crippen molar-refractivity contribution in [2.75, 3.05) is 21.3 Å². The molecule has 0 spiro atoms. The van der Waals surface area contributed by atoms with E-state index in [1.807, 2.05) is 13.8 Å². The van der Waals surface area contributed by atoms with Crippen LogP contribution in [0, 0.1) is 13.8 Å². The lowest BCUT2D eigenvalue weighted by Crippen LogP contribution is -2.25. The summed E-state index contributed by atoms with van der Waals surface area (Å²) in [7, 11) is 4.64. The molecule has 1 N–H and O–H groups in total. The van der Waals surface area contributed by atoms with Crippen molar-refractivity contribution >= 4 is 11.8 Å². The van der Waals surface area contributed by atoms with Gasteiger partial charge in [-0.05, 0) is 31.9 Å². The van der Waals surface area contributed by atoms with Gasteiger partial charge in [0.05, 0.1) is 32.6 Å². The number of nitrogens with zero attached hydrogens (tertiary/aromatic N) is 3. The van der Waals surface area contributed by atoms with Crippen molar-refractivity contribution in [3.63, 3.8) is 0 Å². The number of aryl methyl sites for hydroxylation is 2. The van der Waals surface area contributed by atoms with Crippen LogP contribution in [0.25, 0.3) is 0 Å². The van der Waals surface area contributed by atoms with Crippen molar-refractivity contribution in [2.24, 2.45) is 5.10 Å². The molecule has 1 aromatic heterocycles. The Morgan fingerprint density at radius 3 is 2.31 bits per heavy atom. The summed E-state index contributed by atoms with van der Waals surface area (Å²) in [5, 5.41) is 12.9. The minimum atomic E-state index is -0.746. The predicted molar refractivity (Wildman–Crippen MR) is 106 cm³/mol. The van der Waals surface area contributed by atoms with Gasteiger partial charge >= 0.3 is 0 Å². The maximum absolute atomic E-state index is 12.2. The SMILES string of the molecule is COc1cc(OC)c([C@H]2OC(CCc3c(C)n[nH]c3C)=NN2C(C)=O)cc1OC. The van der Waals surface area contributed by atoms with E-state index in [0.717, 1.165) is 17.0 Å². The number of H-pyrrole nitrogens is 1. The van der Waals surface area contributed by atoms with E-state index < -0.39 is 6.23 Å². The van der Waals surface area contributed by atoms with Crippen molar-refractivity contribution in [3.05, 3.63) is 34.6 Å². The van der Waals surface area contributed by atoms with Gasteiger partial charge in [-0.15, -0.1) is 5.10 Å². The number of aromatic amines is 1. The Balaban J connectivity index is 1.88. The molecular weight excluding hydrogens is 376 g/mol. The molecule has 1 aliphatic heterocycles. The Bertz CT molecular complexity index is 918. The molecule has 2 heterocycles. The molecule has 0 unspecified atom stereocenters. The maximum Gasteiger partial charge on any atom is 0.243 e. The molecule has 1 amide bonds. The number of benzene rings is 1. The van der Waals surface area contributed by atoms with Gasteiger partial charge in [-0.3, -0.25) is 9.89 Å². The van der Waals surface area contributed by atoms with Crippen LogP contribution in [-0.4, -0.2) is 48.3 Å². The van der Waals surface area contributed by atoms with E-state index >= 15 is 0 Å². The molecule has 0 aliphatic carbocycles. The Morgan fingerprint density at radius 2 is 1.76 bits per heavy atom. The lowest BCUT2D eigenvalue weighted by Gasteiger charge is -2.22. The number of hydrogen-bond acceptors (Lipinski definition) is 7. The fraction of sp³-hybridized carbons (Fsp3) is 0.450. The fourth-order valence-corrected chi connectivity index (χ4v) is 3.33. The lowest BCUT2D eigenvalue weighted by atomic mass is 10.1. The van der Waals surface area contributed by atoms with Crippen LogP contribution in [0.1, 0.15) is 42.1 Å². The summed E-state index contributed by atoms with van der Waals surface area (Å²) < 4.78 is 22.3. The topological polar surface area (TPSA) is 98.3 Å². The zero-order valence-electron chi connectivity index (χ0n) is 17.5. The summed E-state index contributed by atoms with van der Waals surface area (Å²) in [6.45, 7) is 5.38. The molecule has 0 fully saturated rings. The van der Waals surface area contributed by atoms with E-state index in [1.54, 1.807) is 33.5 Å². The van der Waals surface area contributed by atoms with Crippen molar-refractivity contribution in [1.29, 1.82) is 0 Å². The second kappa shape index (κ2) is 8.42. The molecule has 9 heteroatoms. The highest BCUT2D eigenvalue weighted by Crippen LogP contribution is 2.41. The molecule has 0 saturated heterocycles. The third-order valence-electron chi connectivity index (χ3n) is 4.88. The standard InChI is InChI=1S/C20H26N4O5/c1-11-14(12(2)22-21-11)7-8-19-23-24(13(3)25)20(29-19)15-9-17(27-5)18(28-6)10-16(15)26-4/h9-10,20H,7-8H2,1-6H3,(H,21,22)/t20-/m1/s1. The van der Waals surface area contributed by atoms with Gasteiger partial charge < -0.3 is 18.9 Å². The highest BCUT2D eigenvalue weighted by molar-refractivity contribution is 5.83. The van der Waals surface area contributed by atoms with Crippen molar-refractivity contribution < 1.29 is 23.7 Å². The first kappa shape index (κ1) is 20.5. The van der Waals surface area contributed by atoms with Gasteiger partial charge in [-0.1, -0.05) is 0 Å². The molecule has 1 atom stereocenters. The molecule has 29 heavy (non-hydrogen) atoms. The van der Waals surface area contributed by atoms with Crippen molar-refractivity contribution in [3.8, 4) is 17.2 Å². The minimum Gasteiger partial charge on any atom is -0.496 e. The molecule has 2 aromatic rings. The number of aromatic nitrogens is 2. The van der Waals surface area contributed by atoms with Gasteiger partial charge in [0, 0.05) is 25.1 Å². The molecule has 0 saturated carbocycles. The first-order valence-corrected chi connectivity index (χ1v) is 9.23. The normalized spacial score (nSPS) is 15.7. The van der Waals surface area contributed by atoms with E-state index in [1.165, 1.54) is 11.9 Å². The quantitative estimate of drug-likeness (QED) is 0.765. The Hall–Kier alpha value is -3.23. The van der Waals surface area contributed by atoms with Gasteiger partial charge in [-0.2, -0.15) is 10.1 Å². The summed E-state index contributed by atoms with van der Waals surface area (Å²) in [6.07, 6.45) is 0.495. The molecule has 0 bridgehead atoms. The van der Waals surface area contributed by atoms with E-state index in [9.17, 15) is 4.79 Å². The number of hydrogen-bond donors (Lipinski definition) is 1. The summed E-state index contributed by atoms with van der Waals surface area (Å²) in [6, 6.07) is 3.44. The van der Waals surface area contributed by atoms with E-state index in [4.69, 9.17) is 18.9 Å². The van der Waals surface area contributed by atoms with Crippen molar-refractivity contribution in [1.82, 2.24) is 15.2 Å². The van der Waals surface area contributed by atoms with Gasteiger partial charge in [0.25, 0.3) is 0 Å². The molecule has 1 aliphatic rings. The number of amides is 1. The van der Waals surface area contributed by atoms with Crippen LogP contribution in [-0.2, 0) is 16.0 Å². The predicted octanol–water partition coefficient (Wildman–Crippen LogP) is 2.88. The average molecular weight is 402 g/mol. The minimum absolute atomic E-state index is 0.238. The second-order valence-corrected chi connectivity index (χ2v) is 6.69. The highest BCUT2D eigenvalue weighted by Gasteiger charge is 2.35. The molecule has 0 radical (unpaired) electrons. The second-order valence-electron chi connectivity index (χ2n) is 6.69. The summed E-state index contributed by atoms with van der Waals surface area (Å²) in [4.78, 5) is 12.2. The number of carbonyl (C=O) groups is 1. The fourth-order valence-electron chi connectivity index (χ4n) is 3.33. The highest BCUT2D eigenvalue weighted by atomic mass is 16.5. The molecule has 3 rings (SSSR count). The Morgan fingerprint density at radius 1 is 1.10 bits per heavy atom. The maximum atomic E-state index is 12.2. The average Bonchev–Trinajstić information content (AvgIpc) is 3.28. The van der Waals surface area contributed by atoms with E-state index in [0.29, 0.717) is 41.6 Å². The number of ether oxygens (including phenoxy) is 4. The van der Waals surface area contributed by atoms with Crippen LogP contribution in [0.4, 0.5) is 0 Å². The van der Waals surface area contributed by atoms with Crippen LogP contribution in [0.5, 0.6) is 17.2 Å². The van der Waals surface area contributed by atoms with Crippen LogP contribution in [0.15, 0.2) is 17.2 Å². The number of methoxy groups -OCH3 is 3. The third kappa shape index (κ3) is 3.98. The number of rotatable bonds is 7. The van der Waals surface area contributed by atoms with E-state index in [-0.39, 0.29) is 5.91 Å². The first-order chi connectivity index (χ1) is 13.9. The van der Waals surface area contributed by atoms with Gasteiger partial charge in [-0.25, -0.2) is 0 Å². The van der Waals surface area contributed by atoms with Crippen molar-refractivity contribution in [2.45, 2.75) is 39.8 Å². The summed E-state index contributed by atoms with van der Waals surface area (Å²) in [5.74, 6) is 1.78. The summed E-state index contributed by atoms with van der Waals surface area (Å²) in [5.41, 5.74) is 3.71. The molecule has 156 valence electrons. The van der Waals surface area contributed by atoms with Gasteiger partial charge in [0.15, 0.2) is 11.5 Å². The smallest absolute Gasteiger partial charge is 0.243 e. The number of nitrogens with one attached hydrogen (secondary N) is 1. The first-order valence-electron chi connectivity index (χ1n) is 9.23. The third-order valence-corrected chi connectivity index (χ3v) is 4.88. The van der Waals surface area contributed by atoms with Gasteiger partial charge in [0.1, 0.15) is 5.75 Å².